The first-order valence-corrected chi connectivity index (χ1v) is 6.87. The Balaban J connectivity index is 1.96. The quantitative estimate of drug-likeness (QED) is 0.830. The monoisotopic (exact) mass is 284 g/mol. The maximum atomic E-state index is 12.1. The van der Waals surface area contributed by atoms with Gasteiger partial charge in [-0.05, 0) is 36.2 Å². The van der Waals surface area contributed by atoms with Crippen molar-refractivity contribution in [1.29, 1.82) is 0 Å². The summed E-state index contributed by atoms with van der Waals surface area (Å²) in [5, 5.41) is 2.96. The Kier molecular flexibility index (Phi) is 4.82. The van der Waals surface area contributed by atoms with E-state index in [4.69, 9.17) is 10.5 Å². The molecule has 1 atom stereocenters. The zero-order chi connectivity index (χ0) is 15.2. The number of benzene rings is 2. The number of amides is 1. The highest BCUT2D eigenvalue weighted by Crippen LogP contribution is 2.19. The van der Waals surface area contributed by atoms with Crippen LogP contribution in [0.25, 0.3) is 0 Å². The van der Waals surface area contributed by atoms with Crippen LogP contribution in [0.1, 0.15) is 24.1 Å². The molecular weight excluding hydrogens is 264 g/mol. The summed E-state index contributed by atoms with van der Waals surface area (Å²) in [4.78, 5) is 12.1. The van der Waals surface area contributed by atoms with Gasteiger partial charge < -0.3 is 15.8 Å². The highest BCUT2D eigenvalue weighted by atomic mass is 16.5. The van der Waals surface area contributed by atoms with E-state index in [2.05, 4.69) is 5.32 Å². The first-order valence-electron chi connectivity index (χ1n) is 6.87. The van der Waals surface area contributed by atoms with Crippen LogP contribution in [0.2, 0.25) is 0 Å². The van der Waals surface area contributed by atoms with E-state index in [9.17, 15) is 4.79 Å². The summed E-state index contributed by atoms with van der Waals surface area (Å²) in [6.07, 6.45) is 0.334. The predicted octanol–water partition coefficient (Wildman–Crippen LogP) is 2.70. The molecule has 0 aliphatic carbocycles. The van der Waals surface area contributed by atoms with Crippen LogP contribution in [-0.2, 0) is 11.2 Å². The number of nitrogens with two attached hydrogens (primary N) is 1. The van der Waals surface area contributed by atoms with Gasteiger partial charge in [0.15, 0.2) is 0 Å². The number of carbonyl (C=O) groups excluding carboxylic acids is 1. The molecule has 0 heterocycles. The zero-order valence-corrected chi connectivity index (χ0v) is 12.3. The molecule has 0 saturated heterocycles. The Labute approximate surface area is 124 Å². The van der Waals surface area contributed by atoms with Crippen LogP contribution in [0.15, 0.2) is 48.5 Å². The molecule has 0 spiro atoms. The third-order valence-corrected chi connectivity index (χ3v) is 3.36. The molecule has 0 aliphatic heterocycles. The minimum atomic E-state index is -0.114. The summed E-state index contributed by atoms with van der Waals surface area (Å²) < 4.78 is 5.10. The van der Waals surface area contributed by atoms with Gasteiger partial charge in [-0.2, -0.15) is 0 Å². The number of anilines is 1. The van der Waals surface area contributed by atoms with Gasteiger partial charge in [0, 0.05) is 5.69 Å². The maximum Gasteiger partial charge on any atom is 0.224 e. The van der Waals surface area contributed by atoms with Gasteiger partial charge in [-0.15, -0.1) is 0 Å². The van der Waals surface area contributed by atoms with E-state index >= 15 is 0 Å². The number of hydrogen-bond donors (Lipinski definition) is 2. The van der Waals surface area contributed by atoms with E-state index < -0.39 is 0 Å². The van der Waals surface area contributed by atoms with Gasteiger partial charge in [-0.25, -0.2) is 0 Å². The van der Waals surface area contributed by atoms with Crippen molar-refractivity contribution in [2.24, 2.45) is 0 Å². The summed E-state index contributed by atoms with van der Waals surface area (Å²) in [5.74, 6) is 0.750. The zero-order valence-electron chi connectivity index (χ0n) is 12.3. The molecule has 0 aliphatic rings. The molecule has 2 aromatic carbocycles. The largest absolute Gasteiger partial charge is 0.497 e. The number of methoxy groups -OCH3 is 1. The lowest BCUT2D eigenvalue weighted by Gasteiger charge is -2.16. The van der Waals surface area contributed by atoms with Crippen LogP contribution in [0.4, 0.5) is 5.69 Å². The molecule has 0 radical (unpaired) electrons. The van der Waals surface area contributed by atoms with E-state index in [-0.39, 0.29) is 11.9 Å². The molecule has 1 amide bonds. The van der Waals surface area contributed by atoms with Crippen LogP contribution in [0, 0.1) is 0 Å². The molecule has 3 N–H and O–H groups in total. The van der Waals surface area contributed by atoms with Crippen molar-refractivity contribution in [3.05, 3.63) is 59.7 Å². The molecule has 0 fully saturated rings. The van der Waals surface area contributed by atoms with Crippen molar-refractivity contribution < 1.29 is 9.53 Å². The number of nitrogens with one attached hydrogen (secondary N) is 1. The Morgan fingerprint density at radius 3 is 2.48 bits per heavy atom. The average Bonchev–Trinajstić information content (AvgIpc) is 2.48. The van der Waals surface area contributed by atoms with E-state index in [1.807, 2.05) is 55.5 Å². The molecule has 21 heavy (non-hydrogen) atoms. The normalized spacial score (nSPS) is 11.7. The molecule has 110 valence electrons. The van der Waals surface area contributed by atoms with E-state index in [1.54, 1.807) is 7.11 Å². The molecule has 0 aromatic heterocycles. The van der Waals surface area contributed by atoms with Gasteiger partial charge in [-0.1, -0.05) is 30.3 Å². The lowest BCUT2D eigenvalue weighted by Crippen LogP contribution is -2.28. The second-order valence-corrected chi connectivity index (χ2v) is 4.94. The lowest BCUT2D eigenvalue weighted by molar-refractivity contribution is -0.121. The van der Waals surface area contributed by atoms with Crippen molar-refractivity contribution in [2.75, 3.05) is 12.8 Å². The Hall–Kier alpha value is -2.49. The highest BCUT2D eigenvalue weighted by molar-refractivity contribution is 5.79. The predicted molar refractivity (Wildman–Crippen MR) is 84.1 cm³/mol. The van der Waals surface area contributed by atoms with Gasteiger partial charge in [0.2, 0.25) is 5.91 Å². The standard InChI is InChI=1S/C17H20N2O2/c1-12(15-5-3-4-6-16(15)18)19-17(20)11-13-7-9-14(21-2)10-8-13/h3-10,12H,11,18H2,1-2H3,(H,19,20). The van der Waals surface area contributed by atoms with E-state index in [0.29, 0.717) is 12.1 Å². The number of nitrogen functional groups attached to an aromatic ring is 1. The first-order chi connectivity index (χ1) is 10.1. The third kappa shape index (κ3) is 3.99. The SMILES string of the molecule is COc1ccc(CC(=O)NC(C)c2ccccc2N)cc1. The van der Waals surface area contributed by atoms with Crippen LogP contribution in [-0.4, -0.2) is 13.0 Å². The van der Waals surface area contributed by atoms with E-state index in [0.717, 1.165) is 16.9 Å². The van der Waals surface area contributed by atoms with Gasteiger partial charge >= 0.3 is 0 Å². The number of para-hydroxylation sites is 1. The fourth-order valence-corrected chi connectivity index (χ4v) is 2.20. The summed E-state index contributed by atoms with van der Waals surface area (Å²) in [6.45, 7) is 1.93. The number of hydrogen-bond acceptors (Lipinski definition) is 3. The molecular formula is C17H20N2O2. The topological polar surface area (TPSA) is 64.3 Å². The second kappa shape index (κ2) is 6.79. The van der Waals surface area contributed by atoms with Crippen LogP contribution in [0.5, 0.6) is 5.75 Å². The van der Waals surface area contributed by atoms with Crippen molar-refractivity contribution in [3.8, 4) is 5.75 Å². The third-order valence-electron chi connectivity index (χ3n) is 3.36. The fourth-order valence-electron chi connectivity index (χ4n) is 2.20. The number of carbonyl (C=O) groups is 1. The maximum absolute atomic E-state index is 12.1. The fraction of sp³-hybridized carbons (Fsp3) is 0.235. The van der Waals surface area contributed by atoms with Crippen LogP contribution >= 0.6 is 0 Å². The van der Waals surface area contributed by atoms with Crippen molar-refractivity contribution in [3.63, 3.8) is 0 Å². The van der Waals surface area contributed by atoms with Crippen LogP contribution in [0.3, 0.4) is 0 Å². The van der Waals surface area contributed by atoms with Gasteiger partial charge in [-0.3, -0.25) is 4.79 Å². The summed E-state index contributed by atoms with van der Waals surface area (Å²) >= 11 is 0. The minimum absolute atomic E-state index is 0.0316. The molecule has 4 heteroatoms. The Morgan fingerprint density at radius 2 is 1.86 bits per heavy atom. The Morgan fingerprint density at radius 1 is 1.19 bits per heavy atom. The molecule has 4 nitrogen and oxygen atoms in total. The smallest absolute Gasteiger partial charge is 0.224 e. The molecule has 0 bridgehead atoms. The lowest BCUT2D eigenvalue weighted by atomic mass is 10.1. The molecule has 2 rings (SSSR count). The highest BCUT2D eigenvalue weighted by Gasteiger charge is 2.12. The summed E-state index contributed by atoms with van der Waals surface area (Å²) in [6, 6.07) is 14.9. The number of rotatable bonds is 5. The van der Waals surface area contributed by atoms with Crippen molar-refractivity contribution in [1.82, 2.24) is 5.32 Å². The van der Waals surface area contributed by atoms with Gasteiger partial charge in [0.1, 0.15) is 5.75 Å². The first kappa shape index (κ1) is 14.9. The Bertz CT molecular complexity index is 608. The van der Waals surface area contributed by atoms with Gasteiger partial charge in [0.05, 0.1) is 19.6 Å². The number of ether oxygens (including phenoxy) is 1. The van der Waals surface area contributed by atoms with Crippen LogP contribution < -0.4 is 15.8 Å². The van der Waals surface area contributed by atoms with Crippen molar-refractivity contribution in [2.45, 2.75) is 19.4 Å². The minimum Gasteiger partial charge on any atom is -0.497 e. The van der Waals surface area contributed by atoms with E-state index in [1.165, 1.54) is 0 Å². The molecule has 1 unspecified atom stereocenters. The molecule has 2 aromatic rings. The summed E-state index contributed by atoms with van der Waals surface area (Å²) in [5.41, 5.74) is 8.48. The van der Waals surface area contributed by atoms with Gasteiger partial charge in [0.25, 0.3) is 0 Å². The molecule has 0 saturated carbocycles. The second-order valence-electron chi connectivity index (χ2n) is 4.94. The summed E-state index contributed by atoms with van der Waals surface area (Å²) in [7, 11) is 1.62. The average molecular weight is 284 g/mol. The van der Waals surface area contributed by atoms with Crippen molar-refractivity contribution >= 4 is 11.6 Å².